The van der Waals surface area contributed by atoms with Gasteiger partial charge in [0.1, 0.15) is 11.5 Å². The molecule has 0 fully saturated rings. The molecule has 3 heteroatoms. The van der Waals surface area contributed by atoms with E-state index in [0.717, 1.165) is 24.4 Å². The molecule has 1 atom stereocenters. The molecule has 0 radical (unpaired) electrons. The first-order valence-electron chi connectivity index (χ1n) is 5.61. The molecule has 16 heavy (non-hydrogen) atoms. The molecule has 0 amide bonds. The zero-order chi connectivity index (χ0) is 11.0. The van der Waals surface area contributed by atoms with E-state index in [9.17, 15) is 0 Å². The highest BCUT2D eigenvalue weighted by Crippen LogP contribution is 2.29. The van der Waals surface area contributed by atoms with Crippen LogP contribution in [0.5, 0.6) is 5.75 Å². The minimum absolute atomic E-state index is 0.390. The molecule has 2 aliphatic heterocycles. The highest BCUT2D eigenvalue weighted by atomic mass is 16.5. The summed E-state index contributed by atoms with van der Waals surface area (Å²) in [6.45, 7) is 2.14. The molecule has 0 saturated heterocycles. The number of aryl methyl sites for hydroxylation is 1. The van der Waals surface area contributed by atoms with Crippen LogP contribution >= 0.6 is 0 Å². The van der Waals surface area contributed by atoms with Crippen LogP contribution in [0.15, 0.2) is 42.1 Å². The molecule has 2 aliphatic rings. The van der Waals surface area contributed by atoms with Crippen molar-refractivity contribution >= 4 is 0 Å². The van der Waals surface area contributed by atoms with E-state index in [1.165, 1.54) is 11.3 Å². The maximum absolute atomic E-state index is 5.90. The lowest BCUT2D eigenvalue weighted by atomic mass is 10.1. The van der Waals surface area contributed by atoms with Gasteiger partial charge in [-0.3, -0.25) is 4.98 Å². The van der Waals surface area contributed by atoms with Gasteiger partial charge in [0.25, 0.3) is 0 Å². The lowest BCUT2D eigenvalue weighted by molar-refractivity contribution is 0.425. The molecule has 0 bridgehead atoms. The van der Waals surface area contributed by atoms with Gasteiger partial charge in [0.15, 0.2) is 0 Å². The van der Waals surface area contributed by atoms with Gasteiger partial charge < -0.3 is 10.1 Å². The summed E-state index contributed by atoms with van der Waals surface area (Å²) in [5.74, 6) is 1.88. The number of dihydropyridines is 1. The lowest BCUT2D eigenvalue weighted by Gasteiger charge is -2.20. The van der Waals surface area contributed by atoms with Gasteiger partial charge in [-0.2, -0.15) is 0 Å². The minimum atomic E-state index is 0.390. The summed E-state index contributed by atoms with van der Waals surface area (Å²) < 4.78 is 5.90. The third kappa shape index (κ3) is 1.58. The highest BCUT2D eigenvalue weighted by molar-refractivity contribution is 5.39. The number of ether oxygens (including phenoxy) is 1. The van der Waals surface area contributed by atoms with Gasteiger partial charge in [-0.05, 0) is 31.9 Å². The smallest absolute Gasteiger partial charge is 0.146 e. The van der Waals surface area contributed by atoms with Gasteiger partial charge in [0.2, 0.25) is 0 Å². The van der Waals surface area contributed by atoms with Crippen molar-refractivity contribution in [3.63, 3.8) is 0 Å². The van der Waals surface area contributed by atoms with Crippen molar-refractivity contribution in [3.05, 3.63) is 47.6 Å². The topological polar surface area (TPSA) is 34.1 Å². The Labute approximate surface area is 94.8 Å². The highest BCUT2D eigenvalue weighted by Gasteiger charge is 2.19. The van der Waals surface area contributed by atoms with Gasteiger partial charge in [-0.1, -0.05) is 6.08 Å². The summed E-state index contributed by atoms with van der Waals surface area (Å²) in [7, 11) is 0. The molecule has 1 unspecified atom stereocenters. The largest absolute Gasteiger partial charge is 0.455 e. The first kappa shape index (κ1) is 9.46. The standard InChI is InChI=1S/C13H14N2O/c1-9-2-5-13-11(15-9)4-3-10-8-14-7-6-12(10)16-13/h2,5-9,15H,3-4H2,1H3. The summed E-state index contributed by atoms with van der Waals surface area (Å²) in [6, 6.07) is 2.32. The second-order valence-corrected chi connectivity index (χ2v) is 4.22. The summed E-state index contributed by atoms with van der Waals surface area (Å²) in [5.41, 5.74) is 2.38. The second-order valence-electron chi connectivity index (χ2n) is 4.22. The van der Waals surface area contributed by atoms with Gasteiger partial charge in [0, 0.05) is 24.0 Å². The van der Waals surface area contributed by atoms with Gasteiger partial charge >= 0.3 is 0 Å². The summed E-state index contributed by atoms with van der Waals surface area (Å²) >= 11 is 0. The summed E-state index contributed by atoms with van der Waals surface area (Å²) in [5, 5.41) is 3.44. The predicted octanol–water partition coefficient (Wildman–Crippen LogP) is 2.17. The molecule has 1 aromatic rings. The molecular weight excluding hydrogens is 200 g/mol. The van der Waals surface area contributed by atoms with Crippen LogP contribution in [0.2, 0.25) is 0 Å². The maximum atomic E-state index is 5.90. The number of nitrogens with zero attached hydrogens (tertiary/aromatic N) is 1. The molecule has 3 heterocycles. The Kier molecular flexibility index (Phi) is 2.17. The van der Waals surface area contributed by atoms with E-state index < -0.39 is 0 Å². The Morgan fingerprint density at radius 1 is 1.44 bits per heavy atom. The third-order valence-corrected chi connectivity index (χ3v) is 2.96. The molecule has 82 valence electrons. The van der Waals surface area contributed by atoms with Crippen molar-refractivity contribution in [2.24, 2.45) is 0 Å². The summed E-state index contributed by atoms with van der Waals surface area (Å²) in [4.78, 5) is 4.14. The number of aromatic nitrogens is 1. The summed E-state index contributed by atoms with van der Waals surface area (Å²) in [6.07, 6.45) is 9.81. The van der Waals surface area contributed by atoms with E-state index in [0.29, 0.717) is 6.04 Å². The number of rotatable bonds is 0. The Morgan fingerprint density at radius 2 is 2.38 bits per heavy atom. The van der Waals surface area contributed by atoms with Crippen molar-refractivity contribution in [1.82, 2.24) is 10.3 Å². The average Bonchev–Trinajstić information content (AvgIpc) is 2.48. The van der Waals surface area contributed by atoms with E-state index >= 15 is 0 Å². The van der Waals surface area contributed by atoms with E-state index in [1.54, 1.807) is 6.20 Å². The fourth-order valence-electron chi connectivity index (χ4n) is 2.10. The molecule has 0 saturated carbocycles. The fraction of sp³-hybridized carbons (Fsp3) is 0.308. The van der Waals surface area contributed by atoms with Crippen molar-refractivity contribution in [1.29, 1.82) is 0 Å². The average molecular weight is 214 g/mol. The number of fused-ring (bicyclic) bond motifs is 1. The molecule has 1 aromatic heterocycles. The van der Waals surface area contributed by atoms with E-state index in [2.05, 4.69) is 29.4 Å². The lowest BCUT2D eigenvalue weighted by Crippen LogP contribution is -2.28. The Morgan fingerprint density at radius 3 is 3.31 bits per heavy atom. The number of allylic oxidation sites excluding steroid dienone is 2. The number of hydrogen-bond donors (Lipinski definition) is 1. The molecule has 1 N–H and O–H groups in total. The third-order valence-electron chi connectivity index (χ3n) is 2.96. The minimum Gasteiger partial charge on any atom is -0.455 e. The van der Waals surface area contributed by atoms with Crippen molar-refractivity contribution < 1.29 is 4.74 Å². The zero-order valence-corrected chi connectivity index (χ0v) is 9.23. The van der Waals surface area contributed by atoms with Crippen molar-refractivity contribution in [3.8, 4) is 5.75 Å². The second kappa shape index (κ2) is 3.67. The van der Waals surface area contributed by atoms with Crippen LogP contribution in [0.25, 0.3) is 0 Å². The molecule has 0 aliphatic carbocycles. The quantitative estimate of drug-likeness (QED) is 0.718. The monoisotopic (exact) mass is 214 g/mol. The van der Waals surface area contributed by atoms with Crippen LogP contribution in [0.4, 0.5) is 0 Å². The first-order valence-corrected chi connectivity index (χ1v) is 5.61. The normalized spacial score (nSPS) is 22.7. The Bertz CT molecular complexity index is 477. The van der Waals surface area contributed by atoms with Gasteiger partial charge in [0.05, 0.1) is 5.70 Å². The SMILES string of the molecule is CC1C=CC2=C(CCc3cnccc3O2)N1. The Hall–Kier alpha value is -1.77. The predicted molar refractivity (Wildman–Crippen MR) is 61.9 cm³/mol. The zero-order valence-electron chi connectivity index (χ0n) is 9.23. The molecule has 3 nitrogen and oxygen atoms in total. The van der Waals surface area contributed by atoms with Crippen LogP contribution in [-0.2, 0) is 6.42 Å². The fourth-order valence-corrected chi connectivity index (χ4v) is 2.10. The van der Waals surface area contributed by atoms with Crippen LogP contribution in [-0.4, -0.2) is 11.0 Å². The molecule has 0 spiro atoms. The van der Waals surface area contributed by atoms with Crippen molar-refractivity contribution in [2.45, 2.75) is 25.8 Å². The van der Waals surface area contributed by atoms with Crippen LogP contribution in [0.3, 0.4) is 0 Å². The molecule has 3 rings (SSSR count). The molecule has 0 aromatic carbocycles. The van der Waals surface area contributed by atoms with E-state index in [4.69, 9.17) is 4.74 Å². The van der Waals surface area contributed by atoms with Crippen LogP contribution in [0, 0.1) is 0 Å². The van der Waals surface area contributed by atoms with Gasteiger partial charge in [-0.25, -0.2) is 0 Å². The Balaban J connectivity index is 1.97. The maximum Gasteiger partial charge on any atom is 0.146 e. The van der Waals surface area contributed by atoms with Crippen molar-refractivity contribution in [2.75, 3.05) is 0 Å². The van der Waals surface area contributed by atoms with Gasteiger partial charge in [-0.15, -0.1) is 0 Å². The van der Waals surface area contributed by atoms with E-state index in [-0.39, 0.29) is 0 Å². The number of pyridine rings is 1. The molecular formula is C13H14N2O. The number of nitrogens with one attached hydrogen (secondary N) is 1. The number of hydrogen-bond acceptors (Lipinski definition) is 3. The van der Waals surface area contributed by atoms with E-state index in [1.807, 2.05) is 12.3 Å². The van der Waals surface area contributed by atoms with Crippen LogP contribution in [0.1, 0.15) is 18.9 Å². The van der Waals surface area contributed by atoms with Crippen LogP contribution < -0.4 is 10.1 Å². The first-order chi connectivity index (χ1) is 7.83.